The molecule has 0 unspecified atom stereocenters. The maximum atomic E-state index is 13.4. The Balaban J connectivity index is 0.000000367. The summed E-state index contributed by atoms with van der Waals surface area (Å²) in [6, 6.07) is 6.85. The van der Waals surface area contributed by atoms with Gasteiger partial charge in [0, 0.05) is 17.8 Å². The van der Waals surface area contributed by atoms with Gasteiger partial charge in [-0.25, -0.2) is 13.5 Å². The largest absolute Gasteiger partial charge is 0.418 e. The van der Waals surface area contributed by atoms with Crippen LogP contribution < -0.4 is 5.56 Å². The molecule has 0 N–H and O–H groups in total. The molecular formula is C27H24F7N5O2. The molecule has 218 valence electrons. The second kappa shape index (κ2) is 12.6. The molecule has 7 nitrogen and oxygen atoms in total. The molecule has 0 bridgehead atoms. The number of aryl methyl sites for hydroxylation is 1. The van der Waals surface area contributed by atoms with Crippen LogP contribution >= 0.6 is 0 Å². The average molecular weight is 584 g/mol. The Morgan fingerprint density at radius 3 is 2.32 bits per heavy atom. The van der Waals surface area contributed by atoms with Crippen molar-refractivity contribution in [3.63, 3.8) is 0 Å². The monoisotopic (exact) mass is 583 g/mol. The fourth-order valence-corrected chi connectivity index (χ4v) is 4.57. The molecule has 3 heterocycles. The summed E-state index contributed by atoms with van der Waals surface area (Å²) in [7, 11) is 0. The van der Waals surface area contributed by atoms with Crippen molar-refractivity contribution in [2.75, 3.05) is 0 Å². The van der Waals surface area contributed by atoms with E-state index in [9.17, 15) is 35.5 Å². The van der Waals surface area contributed by atoms with Gasteiger partial charge in [0.2, 0.25) is 5.82 Å². The van der Waals surface area contributed by atoms with Crippen LogP contribution in [0.2, 0.25) is 0 Å². The number of halogens is 7. The first kappa shape index (κ1) is 29.9. The Morgan fingerprint density at radius 2 is 1.73 bits per heavy atom. The lowest BCUT2D eigenvalue weighted by Gasteiger charge is -2.22. The summed E-state index contributed by atoms with van der Waals surface area (Å²) in [5, 5.41) is 7.55. The van der Waals surface area contributed by atoms with E-state index in [1.165, 1.54) is 24.4 Å². The molecule has 1 fully saturated rings. The molecule has 1 saturated carbocycles. The fraction of sp³-hybridized carbons (Fsp3) is 0.370. The van der Waals surface area contributed by atoms with E-state index in [0.29, 0.717) is 11.1 Å². The number of nitrogens with zero attached hydrogens (tertiary/aromatic N) is 5. The van der Waals surface area contributed by atoms with Gasteiger partial charge in [-0.3, -0.25) is 9.78 Å². The van der Waals surface area contributed by atoms with Crippen molar-refractivity contribution in [1.29, 1.82) is 0 Å². The first-order chi connectivity index (χ1) is 19.4. The van der Waals surface area contributed by atoms with E-state index in [0.717, 1.165) is 55.0 Å². The summed E-state index contributed by atoms with van der Waals surface area (Å²) in [4.78, 5) is 20.5. The first-order valence-corrected chi connectivity index (χ1v) is 12.6. The molecule has 0 atom stereocenters. The van der Waals surface area contributed by atoms with Crippen LogP contribution in [0.3, 0.4) is 0 Å². The lowest BCUT2D eigenvalue weighted by Crippen LogP contribution is -2.30. The molecule has 0 spiro atoms. The molecule has 1 aliphatic carbocycles. The number of benzene rings is 1. The number of pyridine rings is 1. The third kappa shape index (κ3) is 7.55. The fourth-order valence-electron chi connectivity index (χ4n) is 4.57. The van der Waals surface area contributed by atoms with Gasteiger partial charge in [-0.2, -0.15) is 32.0 Å². The molecule has 0 aliphatic heterocycles. The van der Waals surface area contributed by atoms with E-state index in [2.05, 4.69) is 24.7 Å². The van der Waals surface area contributed by atoms with E-state index in [4.69, 9.17) is 0 Å². The molecule has 5 rings (SSSR count). The van der Waals surface area contributed by atoms with Crippen molar-refractivity contribution >= 4 is 0 Å². The molecular weight excluding hydrogens is 559 g/mol. The van der Waals surface area contributed by atoms with Crippen molar-refractivity contribution in [2.45, 2.75) is 64.1 Å². The maximum Gasteiger partial charge on any atom is 0.418 e. The van der Waals surface area contributed by atoms with Gasteiger partial charge in [-0.05, 0) is 61.6 Å². The molecule has 41 heavy (non-hydrogen) atoms. The van der Waals surface area contributed by atoms with Crippen LogP contribution in [0.4, 0.5) is 30.7 Å². The van der Waals surface area contributed by atoms with Crippen LogP contribution in [0.5, 0.6) is 0 Å². The predicted molar refractivity (Wildman–Crippen MR) is 132 cm³/mol. The smallest absolute Gasteiger partial charge is 0.333 e. The number of aromatic nitrogens is 5. The van der Waals surface area contributed by atoms with Gasteiger partial charge in [0.25, 0.3) is 11.4 Å². The van der Waals surface area contributed by atoms with Gasteiger partial charge in [0.1, 0.15) is 17.3 Å². The predicted octanol–water partition coefficient (Wildman–Crippen LogP) is 7.01. The van der Waals surface area contributed by atoms with Crippen molar-refractivity contribution in [2.24, 2.45) is 0 Å². The molecule has 0 saturated heterocycles. The van der Waals surface area contributed by atoms with Gasteiger partial charge >= 0.3 is 12.6 Å². The lowest BCUT2D eigenvalue weighted by molar-refractivity contribution is -0.138. The summed E-state index contributed by atoms with van der Waals surface area (Å²) in [6.07, 6.45) is -2.20. The summed E-state index contributed by atoms with van der Waals surface area (Å²) in [5.74, 6) is -2.36. The minimum Gasteiger partial charge on any atom is -0.333 e. The molecule has 0 radical (unpaired) electrons. The average Bonchev–Trinajstić information content (AvgIpc) is 3.41. The molecule has 1 aliphatic rings. The number of hydrogen-bond acceptors (Lipinski definition) is 6. The van der Waals surface area contributed by atoms with Crippen LogP contribution in [0.25, 0.3) is 11.5 Å². The van der Waals surface area contributed by atoms with Gasteiger partial charge < -0.3 is 4.52 Å². The molecule has 14 heteroatoms. The highest BCUT2D eigenvalue weighted by atomic mass is 19.4. The second-order valence-corrected chi connectivity index (χ2v) is 9.48. The van der Waals surface area contributed by atoms with Gasteiger partial charge in [-0.15, -0.1) is 0 Å². The minimum atomic E-state index is -4.67. The van der Waals surface area contributed by atoms with Gasteiger partial charge in [0.15, 0.2) is 0 Å². The van der Waals surface area contributed by atoms with E-state index < -0.39 is 47.8 Å². The van der Waals surface area contributed by atoms with Gasteiger partial charge in [0.05, 0.1) is 17.8 Å². The van der Waals surface area contributed by atoms with Crippen LogP contribution in [-0.2, 0) is 12.7 Å². The van der Waals surface area contributed by atoms with Crippen molar-refractivity contribution in [1.82, 2.24) is 24.9 Å². The van der Waals surface area contributed by atoms with Gasteiger partial charge in [-0.1, -0.05) is 24.4 Å². The van der Waals surface area contributed by atoms with Crippen molar-refractivity contribution < 1.29 is 35.3 Å². The number of hydrogen-bond donors (Lipinski definition) is 0. The van der Waals surface area contributed by atoms with E-state index in [-0.39, 0.29) is 23.1 Å². The summed E-state index contributed by atoms with van der Waals surface area (Å²) in [5.41, 5.74) is -1.03. The summed E-state index contributed by atoms with van der Waals surface area (Å²) >= 11 is 0. The highest BCUT2D eigenvalue weighted by molar-refractivity contribution is 5.49. The molecule has 1 aromatic carbocycles. The standard InChI is InChI=1S/C20H18F5N5O2.C7H6F2/c21-16(22)18-27-17(29-32-18)14-9-12(11-5-2-1-3-6-11)19(31)30(28-14)10-15-13(20(23,24)25)7-4-8-26-15;1-5-2-6(8)4-7(9)3-5/h4,7-9,11,16H,1-3,5-6,10H2;2-4H,1H3. The van der Waals surface area contributed by atoms with Crippen LogP contribution in [0, 0.1) is 18.6 Å². The SMILES string of the molecule is Cc1cc(F)cc(F)c1.O=c1c(C2CCCCC2)cc(-c2noc(C(F)F)n2)nn1Cc1ncccc1C(F)(F)F. The Kier molecular flexibility index (Phi) is 9.18. The van der Waals surface area contributed by atoms with Crippen LogP contribution in [-0.4, -0.2) is 24.9 Å². The highest BCUT2D eigenvalue weighted by Gasteiger charge is 2.34. The summed E-state index contributed by atoms with van der Waals surface area (Å²) < 4.78 is 95.7. The summed E-state index contributed by atoms with van der Waals surface area (Å²) in [6.45, 7) is 1.09. The normalized spacial score (nSPS) is 14.2. The Hall–Kier alpha value is -4.10. The number of alkyl halides is 5. The highest BCUT2D eigenvalue weighted by Crippen LogP contribution is 2.33. The molecule has 4 aromatic rings. The quantitative estimate of drug-likeness (QED) is 0.235. The number of rotatable bonds is 5. The van der Waals surface area contributed by atoms with E-state index >= 15 is 0 Å². The zero-order valence-electron chi connectivity index (χ0n) is 21.6. The molecule has 3 aromatic heterocycles. The Labute approximate surface area is 229 Å². The zero-order valence-corrected chi connectivity index (χ0v) is 21.6. The topological polar surface area (TPSA) is 86.7 Å². The van der Waals surface area contributed by atoms with Crippen molar-refractivity contribution in [3.05, 3.63) is 92.9 Å². The van der Waals surface area contributed by atoms with E-state index in [1.54, 1.807) is 6.92 Å². The zero-order chi connectivity index (χ0) is 29.7. The van der Waals surface area contributed by atoms with Crippen LogP contribution in [0.1, 0.15) is 72.7 Å². The Morgan fingerprint density at radius 1 is 1.05 bits per heavy atom. The maximum absolute atomic E-state index is 13.4. The Bertz CT molecular complexity index is 1500. The first-order valence-electron chi connectivity index (χ1n) is 12.6. The van der Waals surface area contributed by atoms with Crippen molar-refractivity contribution in [3.8, 4) is 11.5 Å². The second-order valence-electron chi connectivity index (χ2n) is 9.48. The third-order valence-electron chi connectivity index (χ3n) is 6.41. The molecule has 0 amide bonds. The minimum absolute atomic E-state index is 0.0367. The third-order valence-corrected chi connectivity index (χ3v) is 6.41. The van der Waals surface area contributed by atoms with E-state index in [1.807, 2.05) is 0 Å². The lowest BCUT2D eigenvalue weighted by atomic mass is 9.84. The van der Waals surface area contributed by atoms with Crippen LogP contribution in [0.15, 0.2) is 51.9 Å².